The second kappa shape index (κ2) is 9.25. The molecular formula is C22H21N3O2S. The Balaban J connectivity index is 1.85. The molecule has 0 saturated carbocycles. The van der Waals surface area contributed by atoms with E-state index in [4.69, 9.17) is 10.00 Å². The van der Waals surface area contributed by atoms with Crippen LogP contribution in [-0.2, 0) is 4.79 Å². The summed E-state index contributed by atoms with van der Waals surface area (Å²) in [5.74, 6) is 0.932. The van der Waals surface area contributed by atoms with E-state index in [0.717, 1.165) is 11.3 Å². The van der Waals surface area contributed by atoms with Gasteiger partial charge in [0.2, 0.25) is 0 Å². The molecular weight excluding hydrogens is 370 g/mol. The number of benzene rings is 2. The van der Waals surface area contributed by atoms with Crippen LogP contribution in [0, 0.1) is 17.2 Å². The molecule has 0 radical (unpaired) electrons. The molecule has 3 rings (SSSR count). The number of hydrogen-bond acceptors (Lipinski definition) is 5. The van der Waals surface area contributed by atoms with Gasteiger partial charge in [-0.25, -0.2) is 4.99 Å². The van der Waals surface area contributed by atoms with Gasteiger partial charge in [-0.1, -0.05) is 44.2 Å². The van der Waals surface area contributed by atoms with E-state index in [2.05, 4.69) is 18.8 Å². The lowest BCUT2D eigenvalue weighted by Crippen LogP contribution is -2.32. The molecule has 5 nitrogen and oxygen atoms in total. The minimum atomic E-state index is -0.0295. The molecule has 142 valence electrons. The van der Waals surface area contributed by atoms with Crippen LogP contribution in [0.25, 0.3) is 6.08 Å². The van der Waals surface area contributed by atoms with Gasteiger partial charge >= 0.3 is 0 Å². The van der Waals surface area contributed by atoms with Gasteiger partial charge in [0.15, 0.2) is 11.8 Å². The van der Waals surface area contributed by atoms with Crippen LogP contribution in [0.1, 0.15) is 19.4 Å². The number of carbonyl (C=O) groups excluding carboxylic acids is 1. The van der Waals surface area contributed by atoms with Crippen LogP contribution in [0.5, 0.6) is 5.75 Å². The van der Waals surface area contributed by atoms with E-state index < -0.39 is 0 Å². The third kappa shape index (κ3) is 5.02. The number of hydrogen-bond donors (Lipinski definition) is 0. The van der Waals surface area contributed by atoms with Gasteiger partial charge in [0.1, 0.15) is 11.8 Å². The van der Waals surface area contributed by atoms with Crippen molar-refractivity contribution in [3.63, 3.8) is 0 Å². The van der Waals surface area contributed by atoms with E-state index in [0.29, 0.717) is 28.3 Å². The molecule has 0 unspecified atom stereocenters. The number of ether oxygens (including phenoxy) is 1. The van der Waals surface area contributed by atoms with E-state index in [1.54, 1.807) is 17.0 Å². The highest BCUT2D eigenvalue weighted by Gasteiger charge is 2.33. The fraction of sp³-hybridized carbons (Fsp3) is 0.227. The molecule has 28 heavy (non-hydrogen) atoms. The number of amidine groups is 1. The van der Waals surface area contributed by atoms with Crippen molar-refractivity contribution in [2.75, 3.05) is 13.2 Å². The SMILES string of the molecule is CC(C)CN1C(=O)/C(=C\c2ccc(OCC#N)cc2)SC1=Nc1ccccc1. The highest BCUT2D eigenvalue weighted by atomic mass is 32.2. The zero-order valence-corrected chi connectivity index (χ0v) is 16.6. The molecule has 2 aromatic carbocycles. The molecule has 0 aromatic heterocycles. The molecule has 1 amide bonds. The highest BCUT2D eigenvalue weighted by Crippen LogP contribution is 2.34. The van der Waals surface area contributed by atoms with Gasteiger partial charge in [-0.2, -0.15) is 5.26 Å². The van der Waals surface area contributed by atoms with Gasteiger partial charge in [-0.15, -0.1) is 0 Å². The smallest absolute Gasteiger partial charge is 0.266 e. The van der Waals surface area contributed by atoms with Crippen molar-refractivity contribution in [3.05, 3.63) is 65.1 Å². The minimum Gasteiger partial charge on any atom is -0.479 e. The van der Waals surface area contributed by atoms with Gasteiger partial charge in [-0.3, -0.25) is 9.69 Å². The second-order valence-corrected chi connectivity index (χ2v) is 7.68. The van der Waals surface area contributed by atoms with Crippen molar-refractivity contribution in [3.8, 4) is 11.8 Å². The summed E-state index contributed by atoms with van der Waals surface area (Å²) >= 11 is 1.39. The predicted octanol–water partition coefficient (Wildman–Crippen LogP) is 4.85. The first-order chi connectivity index (χ1) is 13.6. The van der Waals surface area contributed by atoms with Crippen molar-refractivity contribution in [1.29, 1.82) is 5.26 Å². The van der Waals surface area contributed by atoms with Crippen LogP contribution in [0.3, 0.4) is 0 Å². The third-order valence-corrected chi connectivity index (χ3v) is 4.90. The zero-order chi connectivity index (χ0) is 19.9. The third-order valence-electron chi connectivity index (χ3n) is 3.90. The van der Waals surface area contributed by atoms with Crippen molar-refractivity contribution >= 4 is 34.6 Å². The van der Waals surface area contributed by atoms with Crippen LogP contribution in [0.4, 0.5) is 5.69 Å². The Morgan fingerprint density at radius 2 is 1.89 bits per heavy atom. The number of para-hydroxylation sites is 1. The predicted molar refractivity (Wildman–Crippen MR) is 113 cm³/mol. The average Bonchev–Trinajstić information content (AvgIpc) is 2.96. The maximum absolute atomic E-state index is 12.9. The number of aliphatic imine (C=N–C) groups is 1. The molecule has 0 spiro atoms. The van der Waals surface area contributed by atoms with Crippen LogP contribution >= 0.6 is 11.8 Å². The summed E-state index contributed by atoms with van der Waals surface area (Å²) in [6.07, 6.45) is 1.86. The lowest BCUT2D eigenvalue weighted by molar-refractivity contribution is -0.122. The second-order valence-electron chi connectivity index (χ2n) is 6.67. The Morgan fingerprint density at radius 1 is 1.18 bits per heavy atom. The van der Waals surface area contributed by atoms with Gasteiger partial charge in [0, 0.05) is 6.54 Å². The Bertz CT molecular complexity index is 929. The molecule has 0 aliphatic carbocycles. The molecule has 1 aliphatic heterocycles. The Morgan fingerprint density at radius 3 is 2.54 bits per heavy atom. The number of nitrogens with zero attached hydrogens (tertiary/aromatic N) is 3. The molecule has 1 aliphatic rings. The molecule has 0 bridgehead atoms. The molecule has 1 heterocycles. The van der Waals surface area contributed by atoms with E-state index >= 15 is 0 Å². The van der Waals surface area contributed by atoms with Gasteiger partial charge in [0.25, 0.3) is 5.91 Å². The summed E-state index contributed by atoms with van der Waals surface area (Å²) in [5.41, 5.74) is 1.72. The number of thioether (sulfide) groups is 1. The normalized spacial score (nSPS) is 16.8. The first-order valence-electron chi connectivity index (χ1n) is 9.02. The molecule has 6 heteroatoms. The first kappa shape index (κ1) is 19.7. The maximum atomic E-state index is 12.9. The van der Waals surface area contributed by atoms with E-state index in [1.165, 1.54) is 11.8 Å². The lowest BCUT2D eigenvalue weighted by atomic mass is 10.2. The Kier molecular flexibility index (Phi) is 6.51. The molecule has 1 fully saturated rings. The lowest BCUT2D eigenvalue weighted by Gasteiger charge is -2.17. The van der Waals surface area contributed by atoms with E-state index in [9.17, 15) is 4.79 Å². The first-order valence-corrected chi connectivity index (χ1v) is 9.83. The minimum absolute atomic E-state index is 0.0121. The highest BCUT2D eigenvalue weighted by molar-refractivity contribution is 8.18. The Hall–Kier alpha value is -3.04. The summed E-state index contributed by atoms with van der Waals surface area (Å²) in [6.45, 7) is 4.80. The number of amides is 1. The number of carbonyl (C=O) groups is 1. The van der Waals surface area contributed by atoms with Crippen molar-refractivity contribution in [2.24, 2.45) is 10.9 Å². The summed E-state index contributed by atoms with van der Waals surface area (Å²) < 4.78 is 5.26. The monoisotopic (exact) mass is 391 g/mol. The van der Waals surface area contributed by atoms with Crippen molar-refractivity contribution in [1.82, 2.24) is 4.90 Å². The molecule has 2 aromatic rings. The summed E-state index contributed by atoms with van der Waals surface area (Å²) in [6, 6.07) is 18.9. The fourth-order valence-electron chi connectivity index (χ4n) is 2.66. The summed E-state index contributed by atoms with van der Waals surface area (Å²) in [7, 11) is 0. The van der Waals surface area contributed by atoms with E-state index in [1.807, 2.05) is 54.6 Å². The zero-order valence-electron chi connectivity index (χ0n) is 15.8. The largest absolute Gasteiger partial charge is 0.479 e. The van der Waals surface area contributed by atoms with Crippen molar-refractivity contribution < 1.29 is 9.53 Å². The summed E-state index contributed by atoms with van der Waals surface area (Å²) in [4.78, 5) is 20.0. The standard InChI is InChI=1S/C22H21N3O2S/c1-16(2)15-25-21(26)20(28-22(25)24-18-6-4-3-5-7-18)14-17-8-10-19(11-9-17)27-13-12-23/h3-11,14,16H,13,15H2,1-2H3/b20-14+,24-22?. The van der Waals surface area contributed by atoms with Gasteiger partial charge in [-0.05, 0) is 53.6 Å². The molecule has 1 saturated heterocycles. The van der Waals surface area contributed by atoms with Crippen molar-refractivity contribution in [2.45, 2.75) is 13.8 Å². The van der Waals surface area contributed by atoms with Crippen LogP contribution in [0.2, 0.25) is 0 Å². The quantitative estimate of drug-likeness (QED) is 0.660. The maximum Gasteiger partial charge on any atom is 0.266 e. The van der Waals surface area contributed by atoms with Gasteiger partial charge < -0.3 is 4.74 Å². The topological polar surface area (TPSA) is 65.7 Å². The van der Waals surface area contributed by atoms with Crippen LogP contribution < -0.4 is 4.74 Å². The Labute approximate surface area is 169 Å². The number of nitriles is 1. The number of rotatable bonds is 6. The van der Waals surface area contributed by atoms with Crippen LogP contribution in [-0.4, -0.2) is 29.1 Å². The summed E-state index contributed by atoms with van der Waals surface area (Å²) in [5, 5.41) is 9.28. The average molecular weight is 391 g/mol. The van der Waals surface area contributed by atoms with E-state index in [-0.39, 0.29) is 12.5 Å². The van der Waals surface area contributed by atoms with Crippen LogP contribution in [0.15, 0.2) is 64.5 Å². The molecule has 0 N–H and O–H groups in total. The van der Waals surface area contributed by atoms with Gasteiger partial charge in [0.05, 0.1) is 10.6 Å². The molecule has 0 atom stereocenters. The fourth-order valence-corrected chi connectivity index (χ4v) is 3.67.